The molecule has 0 aliphatic carbocycles. The molecular weight excluding hydrogens is 611 g/mol. The molecule has 0 fully saturated rings. The predicted molar refractivity (Wildman–Crippen MR) is 138 cm³/mol. The number of nitrogens with zero attached hydrogens (tertiary/aromatic N) is 3. The Hall–Kier alpha value is -3.40. The molecule has 0 atom stereocenters. The van der Waals surface area contributed by atoms with E-state index in [1.165, 1.54) is 11.8 Å². The Labute approximate surface area is 229 Å². The van der Waals surface area contributed by atoms with Crippen molar-refractivity contribution in [2.24, 2.45) is 4.99 Å². The molecule has 4 heterocycles. The number of allylic oxidation sites excluding steroid dienone is 1. The summed E-state index contributed by atoms with van der Waals surface area (Å²) in [6, 6.07) is 21.9. The zero-order chi connectivity index (χ0) is 28.9. The van der Waals surface area contributed by atoms with E-state index >= 15 is 0 Å². The molecule has 5 rings (SSSR count). The third kappa shape index (κ3) is 7.54. The minimum atomic E-state index is -2.69. The van der Waals surface area contributed by atoms with Crippen molar-refractivity contribution in [2.75, 3.05) is 0 Å². The summed E-state index contributed by atoms with van der Waals surface area (Å²) >= 11 is 0. The SMILES string of the molecule is CC1=CN=C(c2[c-]cccc2)CC1.[2H]c1nc(-c2[c-]cccc3ccc(C)nc3oc2)c([2H])c([2H])c1C([2H])([2H])[2H].[Ir]. The standard InChI is InChI=1S/C18H15N2O.C12H12N.Ir/c1-13-7-10-17(19-11-13)16-6-4-3-5-15-9-8-14(2)20-18(15)21-12-16;1-10-7-8-12(13-9-10)11-5-3-2-4-6-11;/h3-5,7-12H,1-2H3;2-5,9H,7-8H2,1H3;/q2*-1;/i1D3,7D,10D,11D;;. The van der Waals surface area contributed by atoms with E-state index in [4.69, 9.17) is 12.6 Å². The van der Waals surface area contributed by atoms with E-state index in [1.54, 1.807) is 18.2 Å². The van der Waals surface area contributed by atoms with Gasteiger partial charge in [0.25, 0.3) is 0 Å². The fourth-order valence-corrected chi connectivity index (χ4v) is 3.15. The van der Waals surface area contributed by atoms with Crippen LogP contribution in [0.25, 0.3) is 22.4 Å². The molecular formula is C30H27IrN3O-2. The van der Waals surface area contributed by atoms with Gasteiger partial charge in [-0.15, -0.1) is 54.1 Å². The van der Waals surface area contributed by atoms with Crippen LogP contribution in [0.4, 0.5) is 0 Å². The molecule has 4 aromatic rings. The summed E-state index contributed by atoms with van der Waals surface area (Å²) in [5.41, 5.74) is 4.36. The third-order valence-electron chi connectivity index (χ3n) is 4.99. The van der Waals surface area contributed by atoms with Gasteiger partial charge in [0.1, 0.15) is 0 Å². The van der Waals surface area contributed by atoms with Gasteiger partial charge in [-0.1, -0.05) is 29.3 Å². The zero-order valence-electron chi connectivity index (χ0n) is 25.3. The topological polar surface area (TPSA) is 51.3 Å². The average Bonchev–Trinajstić information content (AvgIpc) is 3.02. The van der Waals surface area contributed by atoms with E-state index in [1.807, 2.05) is 43.5 Å². The van der Waals surface area contributed by atoms with Crippen LogP contribution in [0.1, 0.15) is 44.8 Å². The molecule has 0 amide bonds. The second-order valence-electron chi connectivity index (χ2n) is 7.69. The van der Waals surface area contributed by atoms with Crippen molar-refractivity contribution in [3.05, 3.63) is 120 Å². The van der Waals surface area contributed by atoms with Gasteiger partial charge in [-0.25, -0.2) is 4.98 Å². The first-order chi connectivity index (χ1) is 19.0. The molecule has 0 unspecified atom stereocenters. The van der Waals surface area contributed by atoms with E-state index < -0.39 is 30.7 Å². The van der Waals surface area contributed by atoms with Crippen molar-refractivity contribution < 1.29 is 32.7 Å². The van der Waals surface area contributed by atoms with Crippen LogP contribution in [0.2, 0.25) is 0 Å². The zero-order valence-corrected chi connectivity index (χ0v) is 21.7. The van der Waals surface area contributed by atoms with Gasteiger partial charge in [0.2, 0.25) is 5.71 Å². The van der Waals surface area contributed by atoms with Crippen molar-refractivity contribution in [2.45, 2.75) is 33.5 Å². The fourth-order valence-electron chi connectivity index (χ4n) is 3.15. The summed E-state index contributed by atoms with van der Waals surface area (Å²) in [7, 11) is 0. The van der Waals surface area contributed by atoms with E-state index in [0.29, 0.717) is 5.71 Å². The van der Waals surface area contributed by atoms with E-state index in [2.05, 4.69) is 40.1 Å². The van der Waals surface area contributed by atoms with Crippen LogP contribution in [0.3, 0.4) is 0 Å². The number of hydrogen-bond acceptors (Lipinski definition) is 4. The van der Waals surface area contributed by atoms with E-state index in [-0.39, 0.29) is 31.4 Å². The first-order valence-electron chi connectivity index (χ1n) is 13.8. The first kappa shape index (κ1) is 18.9. The number of aryl methyl sites for hydroxylation is 1. The Morgan fingerprint density at radius 1 is 0.971 bits per heavy atom. The first-order valence-corrected chi connectivity index (χ1v) is 10.8. The van der Waals surface area contributed by atoms with Gasteiger partial charge in [0, 0.05) is 53.9 Å². The molecule has 1 aliphatic rings. The van der Waals surface area contributed by atoms with Crippen molar-refractivity contribution >= 4 is 16.8 Å². The summed E-state index contributed by atoms with van der Waals surface area (Å²) in [5.74, 6) is 0. The molecule has 3 aromatic heterocycles. The summed E-state index contributed by atoms with van der Waals surface area (Å²) in [5, 5.41) is 0.746. The van der Waals surface area contributed by atoms with Crippen LogP contribution in [-0.4, -0.2) is 15.7 Å². The Morgan fingerprint density at radius 2 is 1.83 bits per heavy atom. The van der Waals surface area contributed by atoms with Gasteiger partial charge < -0.3 is 14.4 Å². The Balaban J connectivity index is 0.000000276. The Kier molecular flexibility index (Phi) is 6.95. The normalized spacial score (nSPS) is 15.1. The molecule has 0 saturated carbocycles. The molecule has 5 heteroatoms. The second-order valence-corrected chi connectivity index (χ2v) is 7.69. The second kappa shape index (κ2) is 12.9. The Bertz CT molecular complexity index is 1650. The molecule has 0 bridgehead atoms. The molecule has 0 N–H and O–H groups in total. The van der Waals surface area contributed by atoms with Crippen LogP contribution in [0.15, 0.2) is 100 Å². The number of rotatable bonds is 2. The summed E-state index contributed by atoms with van der Waals surface area (Å²) in [4.78, 5) is 12.6. The number of pyridine rings is 2. The van der Waals surface area contributed by atoms with Crippen molar-refractivity contribution in [1.29, 1.82) is 0 Å². The van der Waals surface area contributed by atoms with Gasteiger partial charge in [-0.2, -0.15) is 0 Å². The number of hydrogen-bond donors (Lipinski definition) is 0. The van der Waals surface area contributed by atoms with Gasteiger partial charge in [0.05, 0.1) is 4.11 Å². The summed E-state index contributed by atoms with van der Waals surface area (Å²) in [6.07, 6.45) is 4.84. The molecule has 0 saturated heterocycles. The number of fused-ring (bicyclic) bond motifs is 1. The summed E-state index contributed by atoms with van der Waals surface area (Å²) < 4.78 is 52.0. The molecule has 179 valence electrons. The number of aromatic nitrogens is 2. The maximum atomic E-state index is 8.14. The maximum absolute atomic E-state index is 8.14. The van der Waals surface area contributed by atoms with Gasteiger partial charge in [-0.3, -0.25) is 0 Å². The van der Waals surface area contributed by atoms with Crippen molar-refractivity contribution in [3.8, 4) is 11.3 Å². The smallest absolute Gasteiger partial charge is 0.215 e. The van der Waals surface area contributed by atoms with Crippen molar-refractivity contribution in [1.82, 2.24) is 9.97 Å². The van der Waals surface area contributed by atoms with Gasteiger partial charge >= 0.3 is 0 Å². The van der Waals surface area contributed by atoms with Crippen molar-refractivity contribution in [3.63, 3.8) is 0 Å². The quantitative estimate of drug-likeness (QED) is 0.214. The van der Waals surface area contributed by atoms with Crippen LogP contribution < -0.4 is 0 Å². The molecule has 0 spiro atoms. The van der Waals surface area contributed by atoms with Crippen LogP contribution in [0, 0.1) is 25.9 Å². The molecule has 4 nitrogen and oxygen atoms in total. The van der Waals surface area contributed by atoms with Gasteiger partial charge in [-0.05, 0) is 62.6 Å². The van der Waals surface area contributed by atoms with Crippen LogP contribution >= 0.6 is 0 Å². The van der Waals surface area contributed by atoms with E-state index in [0.717, 1.165) is 35.2 Å². The monoisotopic (exact) mass is 644 g/mol. The largest absolute Gasteiger partial charge is 0.493 e. The summed E-state index contributed by atoms with van der Waals surface area (Å²) in [6.45, 7) is 1.25. The molecule has 35 heavy (non-hydrogen) atoms. The third-order valence-corrected chi connectivity index (χ3v) is 4.99. The molecule has 1 aromatic carbocycles. The van der Waals surface area contributed by atoms with Gasteiger partial charge in [0.15, 0.2) is 0 Å². The maximum Gasteiger partial charge on any atom is 0.215 e. The Morgan fingerprint density at radius 3 is 2.60 bits per heavy atom. The minimum absolute atomic E-state index is 0. The average molecular weight is 644 g/mol. The minimum Gasteiger partial charge on any atom is -0.493 e. The van der Waals surface area contributed by atoms with E-state index in [9.17, 15) is 0 Å². The van der Waals surface area contributed by atoms with Crippen LogP contribution in [0.5, 0.6) is 0 Å². The molecule has 1 aliphatic heterocycles. The fraction of sp³-hybridized carbons (Fsp3) is 0.167. The number of benzene rings is 1. The van der Waals surface area contributed by atoms with Crippen LogP contribution in [-0.2, 0) is 20.1 Å². The predicted octanol–water partition coefficient (Wildman–Crippen LogP) is 7.40. The molecule has 1 radical (unpaired) electrons. The number of aliphatic imine (C=N–C) groups is 1.